The number of nitrogens with one attached hydrogen (secondary N) is 1. The van der Waals surface area contributed by atoms with Crippen molar-refractivity contribution < 1.29 is 13.9 Å². The maximum Gasteiger partial charge on any atom is 0.248 e. The van der Waals surface area contributed by atoms with Gasteiger partial charge in [0.25, 0.3) is 0 Å². The van der Waals surface area contributed by atoms with Gasteiger partial charge < -0.3 is 14.5 Å². The molecule has 1 aliphatic carbocycles. The highest BCUT2D eigenvalue weighted by Gasteiger charge is 2.23. The fraction of sp³-hybridized carbons (Fsp3) is 0.346. The standard InChI is InChI=1S/C26H29NO3/c1-15-10-11-19(12-16(15)2)27-24(28)13-17(3)21-14-22-20-8-6-7-9-23(20)30-26(22)18(4)25(21)29-5/h10-14H,6-9H2,1-5H3,(H,27,28)/b17-13+. The number of rotatable bonds is 4. The van der Waals surface area contributed by atoms with Crippen molar-refractivity contribution in [1.29, 1.82) is 0 Å². The molecule has 4 heteroatoms. The van der Waals surface area contributed by atoms with Crippen LogP contribution in [0.2, 0.25) is 0 Å². The van der Waals surface area contributed by atoms with Gasteiger partial charge in [-0.1, -0.05) is 6.07 Å². The molecule has 1 N–H and O–H groups in total. The molecule has 1 aromatic heterocycles. The summed E-state index contributed by atoms with van der Waals surface area (Å²) in [6.07, 6.45) is 6.05. The third-order valence-electron chi connectivity index (χ3n) is 6.18. The summed E-state index contributed by atoms with van der Waals surface area (Å²) in [7, 11) is 1.67. The second-order valence-corrected chi connectivity index (χ2v) is 8.29. The number of ether oxygens (including phenoxy) is 1. The number of fused-ring (bicyclic) bond motifs is 3. The molecule has 0 fully saturated rings. The quantitative estimate of drug-likeness (QED) is 0.521. The Kier molecular flexibility index (Phi) is 5.42. The van der Waals surface area contributed by atoms with Gasteiger partial charge in [0.2, 0.25) is 5.91 Å². The Morgan fingerprint density at radius 1 is 1.10 bits per heavy atom. The number of methoxy groups -OCH3 is 1. The summed E-state index contributed by atoms with van der Waals surface area (Å²) in [5.41, 5.74) is 8.18. The first kappa shape index (κ1) is 20.3. The normalized spacial score (nSPS) is 14.0. The predicted molar refractivity (Wildman–Crippen MR) is 122 cm³/mol. The van der Waals surface area contributed by atoms with Crippen LogP contribution in [0.3, 0.4) is 0 Å². The van der Waals surface area contributed by atoms with Gasteiger partial charge in [0.05, 0.1) is 7.11 Å². The smallest absolute Gasteiger partial charge is 0.248 e. The molecule has 0 radical (unpaired) electrons. The van der Waals surface area contributed by atoms with Crippen LogP contribution in [0.15, 0.2) is 34.8 Å². The second kappa shape index (κ2) is 8.02. The summed E-state index contributed by atoms with van der Waals surface area (Å²) < 4.78 is 11.9. The van der Waals surface area contributed by atoms with Crippen molar-refractivity contribution in [1.82, 2.24) is 0 Å². The number of anilines is 1. The molecule has 3 aromatic rings. The lowest BCUT2D eigenvalue weighted by Gasteiger charge is -2.14. The van der Waals surface area contributed by atoms with E-state index < -0.39 is 0 Å². The maximum absolute atomic E-state index is 12.7. The Morgan fingerprint density at radius 3 is 2.60 bits per heavy atom. The average Bonchev–Trinajstić information content (AvgIpc) is 3.09. The third-order valence-corrected chi connectivity index (χ3v) is 6.18. The lowest BCUT2D eigenvalue weighted by atomic mass is 9.93. The molecule has 4 nitrogen and oxygen atoms in total. The number of furan rings is 1. The molecule has 4 rings (SSSR count). The zero-order valence-electron chi connectivity index (χ0n) is 18.4. The maximum atomic E-state index is 12.7. The van der Waals surface area contributed by atoms with Gasteiger partial charge in [-0.05, 0) is 81.9 Å². The number of aryl methyl sites for hydroxylation is 5. The summed E-state index contributed by atoms with van der Waals surface area (Å²) in [4.78, 5) is 12.7. The molecule has 0 saturated carbocycles. The van der Waals surface area contributed by atoms with E-state index in [1.807, 2.05) is 39.0 Å². The van der Waals surface area contributed by atoms with Crippen molar-refractivity contribution in [2.75, 3.05) is 12.4 Å². The van der Waals surface area contributed by atoms with E-state index in [1.54, 1.807) is 13.2 Å². The third kappa shape index (κ3) is 3.62. The first-order valence-corrected chi connectivity index (χ1v) is 10.6. The SMILES string of the molecule is COc1c(/C(C)=C/C(=O)Nc2ccc(C)c(C)c2)cc2c3c(oc2c1C)CCCC3. The van der Waals surface area contributed by atoms with Crippen LogP contribution < -0.4 is 10.1 Å². The molecule has 0 saturated heterocycles. The summed E-state index contributed by atoms with van der Waals surface area (Å²) in [5, 5.41) is 4.12. The fourth-order valence-corrected chi connectivity index (χ4v) is 4.36. The molecule has 2 aromatic carbocycles. The summed E-state index contributed by atoms with van der Waals surface area (Å²) in [5.74, 6) is 1.72. The van der Waals surface area contributed by atoms with Crippen LogP contribution in [-0.2, 0) is 17.6 Å². The van der Waals surface area contributed by atoms with E-state index >= 15 is 0 Å². The first-order chi connectivity index (χ1) is 14.4. The van der Waals surface area contributed by atoms with Crippen molar-refractivity contribution in [3.8, 4) is 5.75 Å². The number of hydrogen-bond acceptors (Lipinski definition) is 3. The molecule has 156 valence electrons. The highest BCUT2D eigenvalue weighted by Crippen LogP contribution is 2.41. The molecule has 0 aliphatic heterocycles. The van der Waals surface area contributed by atoms with E-state index in [2.05, 4.69) is 18.3 Å². The number of benzene rings is 2. The highest BCUT2D eigenvalue weighted by molar-refractivity contribution is 6.05. The number of hydrogen-bond donors (Lipinski definition) is 1. The Labute approximate surface area is 177 Å². The van der Waals surface area contributed by atoms with Crippen molar-refractivity contribution in [2.45, 2.75) is 53.4 Å². The van der Waals surface area contributed by atoms with Gasteiger partial charge in [-0.25, -0.2) is 0 Å². The molecule has 30 heavy (non-hydrogen) atoms. The number of amides is 1. The summed E-state index contributed by atoms with van der Waals surface area (Å²) in [6.45, 7) is 8.09. The molecule has 0 unspecified atom stereocenters. The topological polar surface area (TPSA) is 51.5 Å². The Bertz CT molecular complexity index is 1170. The second-order valence-electron chi connectivity index (χ2n) is 8.29. The van der Waals surface area contributed by atoms with Gasteiger partial charge in [-0.15, -0.1) is 0 Å². The van der Waals surface area contributed by atoms with Gasteiger partial charge in [0.15, 0.2) is 0 Å². The van der Waals surface area contributed by atoms with Crippen molar-refractivity contribution in [2.24, 2.45) is 0 Å². The first-order valence-electron chi connectivity index (χ1n) is 10.6. The zero-order chi connectivity index (χ0) is 21.4. The van der Waals surface area contributed by atoms with E-state index in [1.165, 1.54) is 24.0 Å². The van der Waals surface area contributed by atoms with Crippen LogP contribution in [0.1, 0.15) is 53.3 Å². The minimum atomic E-state index is -0.148. The molecule has 0 bridgehead atoms. The van der Waals surface area contributed by atoms with Crippen LogP contribution in [0.4, 0.5) is 5.69 Å². The van der Waals surface area contributed by atoms with Crippen molar-refractivity contribution in [3.05, 3.63) is 63.9 Å². The molecule has 1 aliphatic rings. The van der Waals surface area contributed by atoms with E-state index in [0.717, 1.165) is 63.3 Å². The Balaban J connectivity index is 1.71. The van der Waals surface area contributed by atoms with Crippen molar-refractivity contribution in [3.63, 3.8) is 0 Å². The Hall–Kier alpha value is -3.01. The molecular formula is C26H29NO3. The van der Waals surface area contributed by atoms with Crippen LogP contribution in [0, 0.1) is 20.8 Å². The highest BCUT2D eigenvalue weighted by atomic mass is 16.5. The van der Waals surface area contributed by atoms with Gasteiger partial charge in [-0.3, -0.25) is 4.79 Å². The van der Waals surface area contributed by atoms with Crippen LogP contribution >= 0.6 is 0 Å². The monoisotopic (exact) mass is 403 g/mol. The van der Waals surface area contributed by atoms with Gasteiger partial charge >= 0.3 is 0 Å². The van der Waals surface area contributed by atoms with E-state index in [9.17, 15) is 4.79 Å². The largest absolute Gasteiger partial charge is 0.496 e. The fourth-order valence-electron chi connectivity index (χ4n) is 4.36. The minimum absolute atomic E-state index is 0.148. The van der Waals surface area contributed by atoms with Crippen LogP contribution in [0.25, 0.3) is 16.5 Å². The van der Waals surface area contributed by atoms with Crippen molar-refractivity contribution >= 4 is 28.1 Å². The molecule has 0 atom stereocenters. The predicted octanol–water partition coefficient (Wildman–Crippen LogP) is 6.29. The summed E-state index contributed by atoms with van der Waals surface area (Å²) >= 11 is 0. The number of carbonyl (C=O) groups is 1. The Morgan fingerprint density at radius 2 is 1.87 bits per heavy atom. The molecular weight excluding hydrogens is 374 g/mol. The van der Waals surface area contributed by atoms with Gasteiger partial charge in [-0.2, -0.15) is 0 Å². The lowest BCUT2D eigenvalue weighted by Crippen LogP contribution is -2.09. The minimum Gasteiger partial charge on any atom is -0.496 e. The number of allylic oxidation sites excluding steroid dienone is 1. The number of carbonyl (C=O) groups excluding carboxylic acids is 1. The van der Waals surface area contributed by atoms with E-state index in [0.29, 0.717) is 0 Å². The molecule has 1 heterocycles. The summed E-state index contributed by atoms with van der Waals surface area (Å²) in [6, 6.07) is 8.07. The van der Waals surface area contributed by atoms with Gasteiger partial charge in [0, 0.05) is 40.3 Å². The molecule has 1 amide bonds. The van der Waals surface area contributed by atoms with E-state index in [-0.39, 0.29) is 5.91 Å². The lowest BCUT2D eigenvalue weighted by molar-refractivity contribution is -0.111. The van der Waals surface area contributed by atoms with E-state index in [4.69, 9.17) is 9.15 Å². The van der Waals surface area contributed by atoms with Crippen LogP contribution in [0.5, 0.6) is 5.75 Å². The average molecular weight is 404 g/mol. The zero-order valence-corrected chi connectivity index (χ0v) is 18.4. The van der Waals surface area contributed by atoms with Crippen LogP contribution in [-0.4, -0.2) is 13.0 Å². The van der Waals surface area contributed by atoms with Gasteiger partial charge in [0.1, 0.15) is 17.1 Å². The molecule has 0 spiro atoms.